The molecule has 1 rings (SSSR count). The summed E-state index contributed by atoms with van der Waals surface area (Å²) in [6.45, 7) is 4.79. The van der Waals surface area contributed by atoms with Crippen LogP contribution in [-0.4, -0.2) is 85.6 Å². The molecular formula is C44H84N2O7P+. The van der Waals surface area contributed by atoms with Gasteiger partial charge >= 0.3 is 7.82 Å². The van der Waals surface area contributed by atoms with E-state index in [4.69, 9.17) is 13.8 Å². The van der Waals surface area contributed by atoms with E-state index in [1.165, 1.54) is 96.3 Å². The summed E-state index contributed by atoms with van der Waals surface area (Å²) in [5.41, 5.74) is 0. The number of ether oxygens (including phenoxy) is 1. The highest BCUT2D eigenvalue weighted by atomic mass is 31.2. The molecule has 10 heteroatoms. The average Bonchev–Trinajstić information content (AvgIpc) is 3.87. The minimum Gasteiger partial charge on any atom is -0.391 e. The largest absolute Gasteiger partial charge is 0.472 e. The summed E-state index contributed by atoms with van der Waals surface area (Å²) >= 11 is 0. The summed E-state index contributed by atoms with van der Waals surface area (Å²) in [6.07, 6.45) is 40.4. The second-order valence-corrected chi connectivity index (χ2v) is 17.9. The first-order valence-corrected chi connectivity index (χ1v) is 23.5. The lowest BCUT2D eigenvalue weighted by atomic mass is 10.0. The van der Waals surface area contributed by atoms with Crippen LogP contribution >= 0.6 is 7.82 Å². The monoisotopic (exact) mass is 784 g/mol. The number of phosphoric acid groups is 1. The van der Waals surface area contributed by atoms with E-state index in [0.717, 1.165) is 44.9 Å². The molecule has 1 amide bonds. The van der Waals surface area contributed by atoms with Gasteiger partial charge in [0.15, 0.2) is 0 Å². The number of nitrogens with zero attached hydrogens (tertiary/aromatic N) is 1. The van der Waals surface area contributed by atoms with Crippen molar-refractivity contribution >= 4 is 13.7 Å². The number of nitrogens with one attached hydrogen (secondary N) is 1. The molecule has 0 aromatic carbocycles. The molecule has 3 unspecified atom stereocenters. The summed E-state index contributed by atoms with van der Waals surface area (Å²) in [5, 5.41) is 13.9. The van der Waals surface area contributed by atoms with Gasteiger partial charge in [0.2, 0.25) is 5.91 Å². The standard InChI is InChI=1S/C44H83N2O7P/c1-6-8-10-12-14-16-18-20-21-22-24-26-28-30-33-41(47)40(39-52-54(49,50)51-38-37-46(3,4)5)45-44(48)36-32-35-43-42(53-43)34-31-29-27-25-23-19-17-15-13-11-9-7-2/h15,17,23,25,29,31,40-43,47H,6-14,16,18-22,24,26-28,30,32-39H2,1-5H3,(H-,45,48,49,50)/p+1/b17-15-,25-23-,31-29-/t40-,41+,42?,43?/m0/s1. The van der Waals surface area contributed by atoms with Crippen LogP contribution in [0.1, 0.15) is 174 Å². The highest BCUT2D eigenvalue weighted by Crippen LogP contribution is 2.43. The van der Waals surface area contributed by atoms with Crippen molar-refractivity contribution in [3.63, 3.8) is 0 Å². The van der Waals surface area contributed by atoms with Crippen LogP contribution in [0.3, 0.4) is 0 Å². The Morgan fingerprint density at radius 1 is 0.741 bits per heavy atom. The Morgan fingerprint density at radius 3 is 1.87 bits per heavy atom. The van der Waals surface area contributed by atoms with Crippen molar-refractivity contribution in [1.82, 2.24) is 5.32 Å². The van der Waals surface area contributed by atoms with Crippen LogP contribution in [0.2, 0.25) is 0 Å². The van der Waals surface area contributed by atoms with E-state index in [2.05, 4.69) is 55.6 Å². The molecule has 3 N–H and O–H groups in total. The Kier molecular flexibility index (Phi) is 30.7. The molecule has 54 heavy (non-hydrogen) atoms. The number of carbonyl (C=O) groups excluding carboxylic acids is 1. The van der Waals surface area contributed by atoms with Gasteiger partial charge in [-0.05, 0) is 51.4 Å². The van der Waals surface area contributed by atoms with Crippen molar-refractivity contribution in [1.29, 1.82) is 0 Å². The zero-order chi connectivity index (χ0) is 39.8. The average molecular weight is 784 g/mol. The van der Waals surface area contributed by atoms with E-state index in [9.17, 15) is 19.4 Å². The first kappa shape index (κ1) is 50.7. The number of epoxide rings is 1. The van der Waals surface area contributed by atoms with E-state index in [0.29, 0.717) is 30.3 Å². The van der Waals surface area contributed by atoms with Crippen LogP contribution in [0.4, 0.5) is 0 Å². The lowest BCUT2D eigenvalue weighted by Gasteiger charge is -2.26. The predicted molar refractivity (Wildman–Crippen MR) is 225 cm³/mol. The molecule has 0 saturated carbocycles. The fraction of sp³-hybridized carbons (Fsp3) is 0.841. The number of likely N-dealkylation sites (N-methyl/N-ethyl adjacent to an activating group) is 1. The molecule has 0 aromatic rings. The number of quaternary nitrogens is 1. The van der Waals surface area contributed by atoms with E-state index < -0.39 is 20.0 Å². The molecule has 1 aliphatic rings. The number of phosphoric ester groups is 1. The van der Waals surface area contributed by atoms with Gasteiger partial charge in [-0.15, -0.1) is 0 Å². The Morgan fingerprint density at radius 2 is 1.28 bits per heavy atom. The number of rotatable bonds is 38. The Balaban J connectivity index is 2.37. The van der Waals surface area contributed by atoms with Gasteiger partial charge < -0.3 is 24.5 Å². The highest BCUT2D eigenvalue weighted by molar-refractivity contribution is 7.47. The number of aliphatic hydroxyl groups is 1. The van der Waals surface area contributed by atoms with Gasteiger partial charge in [-0.2, -0.15) is 0 Å². The van der Waals surface area contributed by atoms with Gasteiger partial charge in [0.25, 0.3) is 0 Å². The van der Waals surface area contributed by atoms with Crippen LogP contribution in [0.5, 0.6) is 0 Å². The number of hydrogen-bond acceptors (Lipinski definition) is 6. The molecule has 1 saturated heterocycles. The van der Waals surface area contributed by atoms with Crippen molar-refractivity contribution in [3.8, 4) is 0 Å². The number of hydrogen-bond donors (Lipinski definition) is 3. The molecule has 0 aromatic heterocycles. The Labute approximate surface area is 332 Å². The van der Waals surface area contributed by atoms with E-state index in [-0.39, 0.29) is 31.3 Å². The normalized spacial score (nSPS) is 18.5. The summed E-state index contributed by atoms with van der Waals surface area (Å²) in [7, 11) is 1.56. The minimum absolute atomic E-state index is 0.0596. The molecule has 1 fully saturated rings. The van der Waals surface area contributed by atoms with Gasteiger partial charge in [0, 0.05) is 6.42 Å². The zero-order valence-electron chi connectivity index (χ0n) is 35.4. The number of carbonyl (C=O) groups is 1. The second kappa shape index (κ2) is 32.7. The fourth-order valence-corrected chi connectivity index (χ4v) is 7.16. The van der Waals surface area contributed by atoms with Gasteiger partial charge in [-0.3, -0.25) is 13.8 Å². The third-order valence-corrected chi connectivity index (χ3v) is 11.0. The Hall–Kier alpha value is -1.32. The van der Waals surface area contributed by atoms with Crippen molar-refractivity contribution in [3.05, 3.63) is 36.5 Å². The zero-order valence-corrected chi connectivity index (χ0v) is 36.3. The lowest BCUT2D eigenvalue weighted by molar-refractivity contribution is -0.870. The molecular weight excluding hydrogens is 699 g/mol. The van der Waals surface area contributed by atoms with Crippen LogP contribution in [0.15, 0.2) is 36.5 Å². The van der Waals surface area contributed by atoms with Crippen molar-refractivity contribution in [2.75, 3.05) is 40.9 Å². The first-order chi connectivity index (χ1) is 26.0. The van der Waals surface area contributed by atoms with Crippen molar-refractivity contribution < 1.29 is 37.6 Å². The van der Waals surface area contributed by atoms with Crippen molar-refractivity contribution in [2.45, 2.75) is 199 Å². The number of aliphatic hydroxyl groups excluding tert-OH is 1. The molecule has 0 aliphatic carbocycles. The SMILES string of the molecule is CCCCC/C=C\C/C=C\C/C=C\CC1OC1CCCC(=O)N[C@@H](COP(=O)(O)OCC[N+](C)(C)C)[C@H](O)CCCCCCCCCCCCCCCC. The fourth-order valence-electron chi connectivity index (χ4n) is 6.43. The predicted octanol–water partition coefficient (Wildman–Crippen LogP) is 10.9. The van der Waals surface area contributed by atoms with Gasteiger partial charge in [-0.1, -0.05) is 153 Å². The topological polar surface area (TPSA) is 118 Å². The summed E-state index contributed by atoms with van der Waals surface area (Å²) < 4.78 is 29.4. The molecule has 1 aliphatic heterocycles. The quantitative estimate of drug-likeness (QED) is 0.0188. The smallest absolute Gasteiger partial charge is 0.391 e. The highest BCUT2D eigenvalue weighted by Gasteiger charge is 2.37. The second-order valence-electron chi connectivity index (χ2n) is 16.5. The van der Waals surface area contributed by atoms with Crippen LogP contribution < -0.4 is 5.32 Å². The van der Waals surface area contributed by atoms with Gasteiger partial charge in [0.05, 0.1) is 52.1 Å². The number of amides is 1. The molecule has 9 nitrogen and oxygen atoms in total. The van der Waals surface area contributed by atoms with Crippen molar-refractivity contribution in [2.24, 2.45) is 0 Å². The maximum Gasteiger partial charge on any atom is 0.472 e. The van der Waals surface area contributed by atoms with E-state index in [1.54, 1.807) is 0 Å². The minimum atomic E-state index is -4.34. The third kappa shape index (κ3) is 31.8. The van der Waals surface area contributed by atoms with E-state index in [1.807, 2.05) is 21.1 Å². The maximum absolute atomic E-state index is 12.9. The molecule has 316 valence electrons. The summed E-state index contributed by atoms with van der Waals surface area (Å²) in [4.78, 5) is 23.2. The molecule has 0 radical (unpaired) electrons. The van der Waals surface area contributed by atoms with Crippen LogP contribution in [0, 0.1) is 0 Å². The molecule has 5 atom stereocenters. The van der Waals surface area contributed by atoms with Gasteiger partial charge in [-0.25, -0.2) is 4.57 Å². The molecule has 0 spiro atoms. The maximum atomic E-state index is 12.9. The number of allylic oxidation sites excluding steroid dienone is 5. The van der Waals surface area contributed by atoms with Crippen LogP contribution in [0.25, 0.3) is 0 Å². The van der Waals surface area contributed by atoms with Crippen LogP contribution in [-0.2, 0) is 23.1 Å². The first-order valence-electron chi connectivity index (χ1n) is 22.0. The number of unbranched alkanes of at least 4 members (excludes halogenated alkanes) is 16. The molecule has 0 bridgehead atoms. The molecule has 1 heterocycles. The Bertz CT molecular complexity index is 1040. The lowest BCUT2D eigenvalue weighted by Crippen LogP contribution is -2.46. The van der Waals surface area contributed by atoms with Gasteiger partial charge in [0.1, 0.15) is 13.2 Å². The summed E-state index contributed by atoms with van der Waals surface area (Å²) in [5.74, 6) is -0.206. The van der Waals surface area contributed by atoms with E-state index >= 15 is 0 Å². The summed E-state index contributed by atoms with van der Waals surface area (Å²) in [6, 6.07) is -0.798. The third-order valence-electron chi connectivity index (χ3n) is 10.1.